The molecule has 1 aromatic carbocycles. The molecule has 3 atom stereocenters. The van der Waals surface area contributed by atoms with Crippen molar-refractivity contribution in [2.45, 2.75) is 64.8 Å². The zero-order valence-corrected chi connectivity index (χ0v) is 21.9. The van der Waals surface area contributed by atoms with Gasteiger partial charge in [-0.15, -0.1) is 0 Å². The minimum Gasteiger partial charge on any atom is -0.381 e. The maximum absolute atomic E-state index is 14.8. The Morgan fingerprint density at radius 1 is 1.27 bits per heavy atom. The van der Waals surface area contributed by atoms with E-state index in [1.165, 1.54) is 0 Å². The van der Waals surface area contributed by atoms with Crippen molar-refractivity contribution >= 4 is 6.03 Å². The fourth-order valence-electron chi connectivity index (χ4n) is 5.33. The molecule has 0 bridgehead atoms. The molecule has 204 valence electrons. The second-order valence-electron chi connectivity index (χ2n) is 10.4. The number of carbonyl (C=O) groups is 1. The number of halogens is 3. The third-order valence-electron chi connectivity index (χ3n) is 7.15. The van der Waals surface area contributed by atoms with Gasteiger partial charge in [-0.25, -0.2) is 22.9 Å². The van der Waals surface area contributed by atoms with Crippen LogP contribution in [0.4, 0.5) is 18.0 Å². The highest BCUT2D eigenvalue weighted by Crippen LogP contribution is 2.38. The smallest absolute Gasteiger partial charge is 0.318 e. The van der Waals surface area contributed by atoms with Crippen molar-refractivity contribution in [2.24, 2.45) is 11.8 Å². The Kier molecular flexibility index (Phi) is 9.13. The van der Waals surface area contributed by atoms with E-state index in [0.29, 0.717) is 50.7 Å². The summed E-state index contributed by atoms with van der Waals surface area (Å²) >= 11 is 0. The molecular weight excluding hydrogens is 483 g/mol. The maximum atomic E-state index is 14.8. The number of nitrogens with one attached hydrogen (secondary N) is 2. The number of ether oxygens (including phenoxy) is 1. The van der Waals surface area contributed by atoms with Crippen molar-refractivity contribution in [3.8, 4) is 11.3 Å². The molecule has 3 unspecified atom stereocenters. The van der Waals surface area contributed by atoms with Gasteiger partial charge in [0.15, 0.2) is 0 Å². The van der Waals surface area contributed by atoms with E-state index in [0.717, 1.165) is 24.6 Å². The Bertz CT molecular complexity index is 1060. The second kappa shape index (κ2) is 12.3. The van der Waals surface area contributed by atoms with Gasteiger partial charge in [-0.1, -0.05) is 6.92 Å². The summed E-state index contributed by atoms with van der Waals surface area (Å²) in [6.45, 7) is 8.46. The lowest BCUT2D eigenvalue weighted by atomic mass is 9.89. The SMILES string of the molecule is CCCn1cc(-c2cc(F)ccc2F)nc1C(C1CCOCC1)N(CC1CNCC1F)C(=O)NC(C)C. The molecule has 7 nitrogen and oxygen atoms in total. The van der Waals surface area contributed by atoms with E-state index in [1.54, 1.807) is 11.1 Å². The van der Waals surface area contributed by atoms with Gasteiger partial charge in [0.05, 0.1) is 11.7 Å². The highest BCUT2D eigenvalue weighted by atomic mass is 19.1. The second-order valence-corrected chi connectivity index (χ2v) is 10.4. The van der Waals surface area contributed by atoms with Crippen LogP contribution in [0.25, 0.3) is 11.3 Å². The molecule has 2 N–H and O–H groups in total. The van der Waals surface area contributed by atoms with Crippen LogP contribution in [0.15, 0.2) is 24.4 Å². The van der Waals surface area contributed by atoms with E-state index in [9.17, 15) is 18.0 Å². The molecule has 1 aromatic heterocycles. The van der Waals surface area contributed by atoms with Crippen LogP contribution in [-0.2, 0) is 11.3 Å². The average Bonchev–Trinajstić information content (AvgIpc) is 3.46. The Morgan fingerprint density at radius 2 is 2.03 bits per heavy atom. The van der Waals surface area contributed by atoms with Crippen LogP contribution in [0, 0.1) is 23.5 Å². The third kappa shape index (κ3) is 6.46. The predicted molar refractivity (Wildman–Crippen MR) is 136 cm³/mol. The largest absolute Gasteiger partial charge is 0.381 e. The first-order valence-electron chi connectivity index (χ1n) is 13.3. The van der Waals surface area contributed by atoms with Crippen molar-refractivity contribution in [3.63, 3.8) is 0 Å². The minimum atomic E-state index is -1.06. The van der Waals surface area contributed by atoms with Gasteiger partial charge in [0.1, 0.15) is 23.6 Å². The van der Waals surface area contributed by atoms with E-state index in [2.05, 4.69) is 10.6 Å². The number of rotatable bonds is 9. The highest BCUT2D eigenvalue weighted by Gasteiger charge is 2.40. The van der Waals surface area contributed by atoms with Gasteiger partial charge < -0.3 is 24.8 Å². The molecular formula is C27H38F3N5O2. The summed E-state index contributed by atoms with van der Waals surface area (Å²) in [6.07, 6.45) is 2.88. The fourth-order valence-corrected chi connectivity index (χ4v) is 5.33. The highest BCUT2D eigenvalue weighted by molar-refractivity contribution is 5.75. The molecule has 0 spiro atoms. The lowest BCUT2D eigenvalue weighted by Crippen LogP contribution is -2.50. The molecule has 2 amide bonds. The molecule has 2 saturated heterocycles. The van der Waals surface area contributed by atoms with Crippen molar-refractivity contribution in [3.05, 3.63) is 41.9 Å². The zero-order valence-electron chi connectivity index (χ0n) is 21.9. The first-order chi connectivity index (χ1) is 17.8. The van der Waals surface area contributed by atoms with Crippen LogP contribution < -0.4 is 10.6 Å². The molecule has 2 aromatic rings. The summed E-state index contributed by atoms with van der Waals surface area (Å²) in [5.74, 6) is -0.849. The molecule has 3 heterocycles. The van der Waals surface area contributed by atoms with Gasteiger partial charge in [-0.05, 0) is 57.2 Å². The molecule has 2 aliphatic heterocycles. The van der Waals surface area contributed by atoms with Gasteiger partial charge in [0.2, 0.25) is 0 Å². The van der Waals surface area contributed by atoms with E-state index < -0.39 is 23.8 Å². The molecule has 2 aliphatic rings. The number of imidazole rings is 1. The Balaban J connectivity index is 1.82. The number of amides is 2. The van der Waals surface area contributed by atoms with Gasteiger partial charge >= 0.3 is 6.03 Å². The molecule has 4 rings (SSSR count). The number of aryl methyl sites for hydroxylation is 1. The average molecular weight is 522 g/mol. The van der Waals surface area contributed by atoms with E-state index in [4.69, 9.17) is 9.72 Å². The van der Waals surface area contributed by atoms with Crippen LogP contribution in [0.1, 0.15) is 51.9 Å². The van der Waals surface area contributed by atoms with Crippen molar-refractivity contribution in [2.75, 3.05) is 32.8 Å². The van der Waals surface area contributed by atoms with Gasteiger partial charge in [-0.2, -0.15) is 0 Å². The number of alkyl halides is 1. The zero-order chi connectivity index (χ0) is 26.5. The number of carbonyl (C=O) groups excluding carboxylic acids is 1. The Morgan fingerprint density at radius 3 is 2.68 bits per heavy atom. The van der Waals surface area contributed by atoms with Gasteiger partial charge in [0, 0.05) is 63.1 Å². The number of hydrogen-bond acceptors (Lipinski definition) is 4. The summed E-state index contributed by atoms with van der Waals surface area (Å²) in [7, 11) is 0. The predicted octanol–water partition coefficient (Wildman–Crippen LogP) is 4.68. The van der Waals surface area contributed by atoms with Crippen molar-refractivity contribution in [1.29, 1.82) is 0 Å². The van der Waals surface area contributed by atoms with Crippen LogP contribution in [0.2, 0.25) is 0 Å². The maximum Gasteiger partial charge on any atom is 0.318 e. The van der Waals surface area contributed by atoms with Crippen LogP contribution in [0.5, 0.6) is 0 Å². The number of aromatic nitrogens is 2. The summed E-state index contributed by atoms with van der Waals surface area (Å²) < 4.78 is 51.1. The van der Waals surface area contributed by atoms with E-state index >= 15 is 0 Å². The third-order valence-corrected chi connectivity index (χ3v) is 7.15. The molecule has 37 heavy (non-hydrogen) atoms. The number of urea groups is 1. The van der Waals surface area contributed by atoms with Crippen LogP contribution >= 0.6 is 0 Å². The molecule has 0 saturated carbocycles. The molecule has 0 aliphatic carbocycles. The molecule has 2 fully saturated rings. The monoisotopic (exact) mass is 521 g/mol. The van der Waals surface area contributed by atoms with Gasteiger partial charge in [0.25, 0.3) is 0 Å². The van der Waals surface area contributed by atoms with Crippen LogP contribution in [0.3, 0.4) is 0 Å². The van der Waals surface area contributed by atoms with Crippen molar-refractivity contribution in [1.82, 2.24) is 25.1 Å². The lowest BCUT2D eigenvalue weighted by molar-refractivity contribution is 0.0255. The number of hydrogen-bond donors (Lipinski definition) is 2. The van der Waals surface area contributed by atoms with Gasteiger partial charge in [-0.3, -0.25) is 0 Å². The first-order valence-corrected chi connectivity index (χ1v) is 13.3. The minimum absolute atomic E-state index is 0.0160. The summed E-state index contributed by atoms with van der Waals surface area (Å²) in [4.78, 5) is 20.2. The molecule has 10 heteroatoms. The number of benzene rings is 1. The Labute approximate surface area is 216 Å². The van der Waals surface area contributed by atoms with Crippen LogP contribution in [-0.4, -0.2) is 65.5 Å². The quantitative estimate of drug-likeness (QED) is 0.503. The molecule has 0 radical (unpaired) electrons. The summed E-state index contributed by atoms with van der Waals surface area (Å²) in [5, 5.41) is 6.08. The first kappa shape index (κ1) is 27.4. The standard InChI is InChI=1S/C27H38F3N5O2/c1-4-9-34-16-24(21-12-20(28)5-6-22(21)29)33-26(34)25(18-7-10-37-11-8-18)35(27(36)32-17(2)3)15-19-13-31-14-23(19)30/h5-6,12,16-19,23,25,31H,4,7-11,13-15H2,1-3H3,(H,32,36). The number of nitrogens with zero attached hydrogens (tertiary/aromatic N) is 3. The normalized spacial score (nSPS) is 21.4. The lowest BCUT2D eigenvalue weighted by Gasteiger charge is -2.40. The van der Waals surface area contributed by atoms with Crippen molar-refractivity contribution < 1.29 is 22.7 Å². The topological polar surface area (TPSA) is 71.4 Å². The fraction of sp³-hybridized carbons (Fsp3) is 0.630. The van der Waals surface area contributed by atoms with E-state index in [-0.39, 0.29) is 42.6 Å². The van der Waals surface area contributed by atoms with E-state index in [1.807, 2.05) is 25.3 Å². The summed E-state index contributed by atoms with van der Waals surface area (Å²) in [6, 6.07) is 2.44. The summed E-state index contributed by atoms with van der Waals surface area (Å²) in [5.41, 5.74) is 0.386. The Hall–Kier alpha value is -2.59.